The number of benzene rings is 1. The second-order valence-corrected chi connectivity index (χ2v) is 6.50. The first-order valence-electron chi connectivity index (χ1n) is 9.10. The average molecular weight is 363 g/mol. The molecule has 2 rings (SSSR count). The van der Waals surface area contributed by atoms with Crippen molar-refractivity contribution in [3.05, 3.63) is 23.8 Å². The molecule has 2 unspecified atom stereocenters. The Morgan fingerprint density at radius 2 is 2.12 bits per heavy atom. The SMILES string of the molecule is CCCCC(NC(N)=O)C(=O)N1CCCC1c1ccc(OC)cc1OC. The number of hydrogen-bond donors (Lipinski definition) is 2. The van der Waals surface area contributed by atoms with Crippen molar-refractivity contribution in [1.29, 1.82) is 0 Å². The molecule has 7 nitrogen and oxygen atoms in total. The first kappa shape index (κ1) is 19.9. The van der Waals surface area contributed by atoms with Gasteiger partial charge in [-0.05, 0) is 31.4 Å². The van der Waals surface area contributed by atoms with E-state index < -0.39 is 12.1 Å². The minimum atomic E-state index is -0.669. The van der Waals surface area contributed by atoms with E-state index in [1.165, 1.54) is 0 Å². The topological polar surface area (TPSA) is 93.9 Å². The van der Waals surface area contributed by atoms with Crippen molar-refractivity contribution in [2.75, 3.05) is 20.8 Å². The van der Waals surface area contributed by atoms with Gasteiger partial charge in [-0.15, -0.1) is 0 Å². The van der Waals surface area contributed by atoms with E-state index >= 15 is 0 Å². The molecule has 1 aliphatic heterocycles. The van der Waals surface area contributed by atoms with Crippen LogP contribution in [0.3, 0.4) is 0 Å². The zero-order chi connectivity index (χ0) is 19.1. The molecule has 3 amide bonds. The van der Waals surface area contributed by atoms with Gasteiger partial charge in [0.15, 0.2) is 0 Å². The van der Waals surface area contributed by atoms with Gasteiger partial charge < -0.3 is 25.4 Å². The summed E-state index contributed by atoms with van der Waals surface area (Å²) in [5, 5.41) is 2.61. The van der Waals surface area contributed by atoms with Gasteiger partial charge in [0.1, 0.15) is 17.5 Å². The molecule has 2 atom stereocenters. The predicted octanol–water partition coefficient (Wildman–Crippen LogP) is 2.59. The van der Waals surface area contributed by atoms with E-state index in [-0.39, 0.29) is 11.9 Å². The summed E-state index contributed by atoms with van der Waals surface area (Å²) in [6, 6.07) is 4.30. The lowest BCUT2D eigenvalue weighted by Crippen LogP contribution is -2.49. The van der Waals surface area contributed by atoms with Crippen molar-refractivity contribution in [3.8, 4) is 11.5 Å². The molecule has 1 aromatic carbocycles. The molecular weight excluding hydrogens is 334 g/mol. The van der Waals surface area contributed by atoms with Crippen LogP contribution in [-0.2, 0) is 4.79 Å². The lowest BCUT2D eigenvalue weighted by Gasteiger charge is -2.30. The Bertz CT molecular complexity index is 635. The summed E-state index contributed by atoms with van der Waals surface area (Å²) in [6.45, 7) is 2.70. The number of likely N-dealkylation sites (tertiary alicyclic amines) is 1. The number of ether oxygens (including phenoxy) is 2. The highest BCUT2D eigenvalue weighted by atomic mass is 16.5. The Hall–Kier alpha value is -2.44. The van der Waals surface area contributed by atoms with Crippen molar-refractivity contribution in [1.82, 2.24) is 10.2 Å². The van der Waals surface area contributed by atoms with Gasteiger partial charge in [-0.2, -0.15) is 0 Å². The largest absolute Gasteiger partial charge is 0.497 e. The smallest absolute Gasteiger partial charge is 0.312 e. The van der Waals surface area contributed by atoms with Crippen LogP contribution in [-0.4, -0.2) is 43.6 Å². The van der Waals surface area contributed by atoms with E-state index in [0.717, 1.165) is 31.2 Å². The van der Waals surface area contributed by atoms with Crippen molar-refractivity contribution in [2.45, 2.75) is 51.1 Å². The fourth-order valence-electron chi connectivity index (χ4n) is 3.49. The van der Waals surface area contributed by atoms with E-state index in [4.69, 9.17) is 15.2 Å². The first-order valence-corrected chi connectivity index (χ1v) is 9.10. The van der Waals surface area contributed by atoms with Crippen LogP contribution in [0.15, 0.2) is 18.2 Å². The summed E-state index contributed by atoms with van der Waals surface area (Å²) in [5.41, 5.74) is 6.22. The van der Waals surface area contributed by atoms with Gasteiger partial charge in [0.05, 0.1) is 20.3 Å². The lowest BCUT2D eigenvalue weighted by atomic mass is 10.0. The fraction of sp³-hybridized carbons (Fsp3) is 0.579. The molecule has 0 radical (unpaired) electrons. The van der Waals surface area contributed by atoms with Gasteiger partial charge in [0, 0.05) is 18.2 Å². The lowest BCUT2D eigenvalue weighted by molar-refractivity contribution is -0.134. The highest BCUT2D eigenvalue weighted by Gasteiger charge is 2.35. The van der Waals surface area contributed by atoms with Gasteiger partial charge in [-0.1, -0.05) is 19.8 Å². The van der Waals surface area contributed by atoms with Crippen molar-refractivity contribution < 1.29 is 19.1 Å². The zero-order valence-electron chi connectivity index (χ0n) is 15.8. The Kier molecular flexibility index (Phi) is 7.12. The van der Waals surface area contributed by atoms with E-state index in [1.807, 2.05) is 30.0 Å². The number of urea groups is 1. The van der Waals surface area contributed by atoms with Gasteiger partial charge in [-0.25, -0.2) is 4.79 Å². The Labute approximate surface area is 154 Å². The quantitative estimate of drug-likeness (QED) is 0.742. The molecule has 0 spiro atoms. The number of nitrogens with two attached hydrogens (primary N) is 1. The summed E-state index contributed by atoms with van der Waals surface area (Å²) in [6.07, 6.45) is 4.14. The number of rotatable bonds is 8. The molecule has 3 N–H and O–H groups in total. The van der Waals surface area contributed by atoms with Crippen LogP contribution in [0.1, 0.15) is 50.6 Å². The number of unbranched alkanes of at least 4 members (excludes halogenated alkanes) is 1. The van der Waals surface area contributed by atoms with E-state index in [0.29, 0.717) is 24.5 Å². The molecule has 1 fully saturated rings. The summed E-state index contributed by atoms with van der Waals surface area (Å²) in [7, 11) is 3.21. The molecule has 0 aliphatic carbocycles. The van der Waals surface area contributed by atoms with E-state index in [2.05, 4.69) is 5.32 Å². The normalized spacial score (nSPS) is 17.7. The third kappa shape index (κ3) is 4.59. The number of nitrogens with one attached hydrogen (secondary N) is 1. The van der Waals surface area contributed by atoms with Crippen molar-refractivity contribution in [3.63, 3.8) is 0 Å². The Balaban J connectivity index is 2.25. The zero-order valence-corrected chi connectivity index (χ0v) is 15.8. The van der Waals surface area contributed by atoms with Crippen LogP contribution < -0.4 is 20.5 Å². The number of amides is 3. The molecule has 1 aromatic rings. The minimum Gasteiger partial charge on any atom is -0.497 e. The molecule has 1 saturated heterocycles. The van der Waals surface area contributed by atoms with Crippen LogP contribution in [0.25, 0.3) is 0 Å². The van der Waals surface area contributed by atoms with Crippen LogP contribution >= 0.6 is 0 Å². The predicted molar refractivity (Wildman–Crippen MR) is 99.3 cm³/mol. The number of primary amides is 1. The Morgan fingerprint density at radius 1 is 1.35 bits per heavy atom. The van der Waals surface area contributed by atoms with Gasteiger partial charge in [0.2, 0.25) is 5.91 Å². The standard InChI is InChI=1S/C19H29N3O4/c1-4-5-7-15(21-19(20)24)18(23)22-11-6-8-16(22)14-10-9-13(25-2)12-17(14)26-3/h9-10,12,15-16H,4-8,11H2,1-3H3,(H3,20,21,24). The van der Waals surface area contributed by atoms with Crippen LogP contribution in [0.2, 0.25) is 0 Å². The van der Waals surface area contributed by atoms with Crippen molar-refractivity contribution >= 4 is 11.9 Å². The van der Waals surface area contributed by atoms with Crippen LogP contribution in [0.5, 0.6) is 11.5 Å². The van der Waals surface area contributed by atoms with Gasteiger partial charge in [0.25, 0.3) is 0 Å². The van der Waals surface area contributed by atoms with E-state index in [1.54, 1.807) is 14.2 Å². The molecule has 1 heterocycles. The van der Waals surface area contributed by atoms with Gasteiger partial charge >= 0.3 is 6.03 Å². The second kappa shape index (κ2) is 9.31. The molecule has 1 aliphatic rings. The number of methoxy groups -OCH3 is 2. The summed E-state index contributed by atoms with van der Waals surface area (Å²) < 4.78 is 10.8. The minimum absolute atomic E-state index is 0.0813. The average Bonchev–Trinajstić information content (AvgIpc) is 3.13. The number of hydrogen-bond acceptors (Lipinski definition) is 4. The third-order valence-corrected chi connectivity index (χ3v) is 4.80. The van der Waals surface area contributed by atoms with Crippen LogP contribution in [0.4, 0.5) is 4.79 Å². The molecule has 0 saturated carbocycles. The molecule has 0 bridgehead atoms. The number of nitrogens with zero attached hydrogens (tertiary/aromatic N) is 1. The third-order valence-electron chi connectivity index (χ3n) is 4.80. The molecular formula is C19H29N3O4. The number of carbonyl (C=O) groups excluding carboxylic acids is 2. The van der Waals surface area contributed by atoms with E-state index in [9.17, 15) is 9.59 Å². The van der Waals surface area contributed by atoms with Gasteiger partial charge in [-0.3, -0.25) is 4.79 Å². The molecule has 26 heavy (non-hydrogen) atoms. The number of carbonyl (C=O) groups is 2. The van der Waals surface area contributed by atoms with Crippen molar-refractivity contribution in [2.24, 2.45) is 5.73 Å². The van der Waals surface area contributed by atoms with Crippen LogP contribution in [0, 0.1) is 0 Å². The second-order valence-electron chi connectivity index (χ2n) is 6.50. The summed E-state index contributed by atoms with van der Waals surface area (Å²) in [4.78, 5) is 26.2. The molecule has 0 aromatic heterocycles. The highest BCUT2D eigenvalue weighted by molar-refractivity contribution is 5.87. The highest BCUT2D eigenvalue weighted by Crippen LogP contribution is 2.39. The fourth-order valence-corrected chi connectivity index (χ4v) is 3.49. The maximum absolute atomic E-state index is 13.1. The maximum Gasteiger partial charge on any atom is 0.312 e. The molecule has 7 heteroatoms. The monoisotopic (exact) mass is 363 g/mol. The summed E-state index contributed by atoms with van der Waals surface area (Å²) >= 11 is 0. The molecule has 144 valence electrons. The summed E-state index contributed by atoms with van der Waals surface area (Å²) in [5.74, 6) is 1.32. The maximum atomic E-state index is 13.1. The first-order chi connectivity index (χ1) is 12.5. The Morgan fingerprint density at radius 3 is 2.73 bits per heavy atom.